The van der Waals surface area contributed by atoms with Gasteiger partial charge < -0.3 is 15.3 Å². The molecule has 0 aliphatic rings. The Balaban J connectivity index is 1.96. The Morgan fingerprint density at radius 3 is 2.48 bits per heavy atom. The van der Waals surface area contributed by atoms with Gasteiger partial charge in [-0.2, -0.15) is 0 Å². The first-order valence-electron chi connectivity index (χ1n) is 6.76. The minimum absolute atomic E-state index is 0.194. The highest BCUT2D eigenvalue weighted by molar-refractivity contribution is 5.96. The fourth-order valence-electron chi connectivity index (χ4n) is 2.27. The van der Waals surface area contributed by atoms with Crippen LogP contribution < -0.4 is 10.2 Å². The number of pyridine rings is 1. The summed E-state index contributed by atoms with van der Waals surface area (Å²) in [5.41, 5.74) is 3.68. The Kier molecular flexibility index (Phi) is 3.36. The van der Waals surface area contributed by atoms with E-state index in [0.29, 0.717) is 5.52 Å². The van der Waals surface area contributed by atoms with Crippen LogP contribution in [0, 0.1) is 0 Å². The molecule has 0 fully saturated rings. The largest absolute Gasteiger partial charge is 0.506 e. The molecule has 2 aromatic carbocycles. The van der Waals surface area contributed by atoms with E-state index in [2.05, 4.69) is 27.3 Å². The van der Waals surface area contributed by atoms with Crippen LogP contribution in [0.3, 0.4) is 0 Å². The van der Waals surface area contributed by atoms with Crippen molar-refractivity contribution in [2.45, 2.75) is 0 Å². The fourth-order valence-corrected chi connectivity index (χ4v) is 2.27. The summed E-state index contributed by atoms with van der Waals surface area (Å²) in [6, 6.07) is 15.5. The van der Waals surface area contributed by atoms with Gasteiger partial charge in [0.1, 0.15) is 11.3 Å². The van der Waals surface area contributed by atoms with Crippen molar-refractivity contribution in [3.8, 4) is 5.75 Å². The number of hydrogen-bond donors (Lipinski definition) is 2. The highest BCUT2D eigenvalue weighted by atomic mass is 16.3. The van der Waals surface area contributed by atoms with E-state index < -0.39 is 0 Å². The molecule has 4 heteroatoms. The molecule has 21 heavy (non-hydrogen) atoms. The Morgan fingerprint density at radius 2 is 1.76 bits per heavy atom. The topological polar surface area (TPSA) is 48.4 Å². The predicted octanol–water partition coefficient (Wildman–Crippen LogP) is 3.75. The summed E-state index contributed by atoms with van der Waals surface area (Å²) in [5.74, 6) is 0.194. The number of nitrogens with one attached hydrogen (secondary N) is 1. The molecule has 1 heterocycles. The lowest BCUT2D eigenvalue weighted by atomic mass is 10.1. The van der Waals surface area contributed by atoms with E-state index in [-0.39, 0.29) is 5.75 Å². The molecule has 0 unspecified atom stereocenters. The maximum atomic E-state index is 9.86. The van der Waals surface area contributed by atoms with Crippen molar-refractivity contribution in [1.29, 1.82) is 0 Å². The second-order valence-corrected chi connectivity index (χ2v) is 5.10. The highest BCUT2D eigenvalue weighted by Crippen LogP contribution is 2.31. The highest BCUT2D eigenvalue weighted by Gasteiger charge is 2.06. The molecular formula is C17H17N3O. The van der Waals surface area contributed by atoms with Crippen LogP contribution in [0.15, 0.2) is 54.7 Å². The maximum Gasteiger partial charge on any atom is 0.141 e. The first-order valence-corrected chi connectivity index (χ1v) is 6.76. The number of phenolic OH excluding ortho intramolecular Hbond substituents is 1. The van der Waals surface area contributed by atoms with Crippen LogP contribution in [0.1, 0.15) is 0 Å². The van der Waals surface area contributed by atoms with E-state index in [4.69, 9.17) is 0 Å². The van der Waals surface area contributed by atoms with Crippen LogP contribution in [0.4, 0.5) is 17.1 Å². The Morgan fingerprint density at radius 1 is 1.00 bits per heavy atom. The van der Waals surface area contributed by atoms with Crippen LogP contribution in [0.25, 0.3) is 10.9 Å². The molecule has 0 bridgehead atoms. The molecule has 0 atom stereocenters. The lowest BCUT2D eigenvalue weighted by molar-refractivity contribution is 0.480. The summed E-state index contributed by atoms with van der Waals surface area (Å²) in [5, 5.41) is 14.1. The number of aromatic nitrogens is 1. The average molecular weight is 279 g/mol. The van der Waals surface area contributed by atoms with Crippen molar-refractivity contribution in [1.82, 2.24) is 4.98 Å². The zero-order valence-electron chi connectivity index (χ0n) is 12.0. The molecule has 3 aromatic rings. The van der Waals surface area contributed by atoms with Gasteiger partial charge in [0, 0.05) is 42.7 Å². The molecule has 0 saturated heterocycles. The van der Waals surface area contributed by atoms with Gasteiger partial charge in [-0.05, 0) is 48.5 Å². The van der Waals surface area contributed by atoms with Gasteiger partial charge in [0.2, 0.25) is 0 Å². The normalized spacial score (nSPS) is 10.6. The standard InChI is InChI=1S/C17H17N3O/c1-20(2)13-7-5-12(6-8-13)19-15-9-10-16(21)17-14(15)4-3-11-18-17/h3-11,19,21H,1-2H3. The molecular weight excluding hydrogens is 262 g/mol. The predicted molar refractivity (Wildman–Crippen MR) is 87.5 cm³/mol. The molecule has 1 aromatic heterocycles. The van der Waals surface area contributed by atoms with Crippen LogP contribution >= 0.6 is 0 Å². The smallest absolute Gasteiger partial charge is 0.141 e. The van der Waals surface area contributed by atoms with Crippen molar-refractivity contribution in [3.63, 3.8) is 0 Å². The van der Waals surface area contributed by atoms with E-state index >= 15 is 0 Å². The summed E-state index contributed by atoms with van der Waals surface area (Å²) < 4.78 is 0. The molecule has 0 spiro atoms. The second-order valence-electron chi connectivity index (χ2n) is 5.10. The minimum Gasteiger partial charge on any atom is -0.506 e. The average Bonchev–Trinajstić information content (AvgIpc) is 2.51. The van der Waals surface area contributed by atoms with Gasteiger partial charge in [-0.15, -0.1) is 0 Å². The van der Waals surface area contributed by atoms with Gasteiger partial charge in [-0.1, -0.05) is 0 Å². The molecule has 0 saturated carbocycles. The lowest BCUT2D eigenvalue weighted by Gasteiger charge is -2.14. The number of rotatable bonds is 3. The number of fused-ring (bicyclic) bond motifs is 1. The van der Waals surface area contributed by atoms with E-state index in [1.165, 1.54) is 0 Å². The van der Waals surface area contributed by atoms with Gasteiger partial charge >= 0.3 is 0 Å². The molecule has 0 radical (unpaired) electrons. The van der Waals surface area contributed by atoms with Gasteiger partial charge in [0.05, 0.1) is 0 Å². The quantitative estimate of drug-likeness (QED) is 0.717. The molecule has 0 amide bonds. The summed E-state index contributed by atoms with van der Waals surface area (Å²) in [7, 11) is 4.03. The third-order valence-electron chi connectivity index (χ3n) is 3.41. The zero-order chi connectivity index (χ0) is 14.8. The summed E-state index contributed by atoms with van der Waals surface area (Å²) in [4.78, 5) is 6.28. The van der Waals surface area contributed by atoms with Crippen molar-refractivity contribution in [3.05, 3.63) is 54.7 Å². The SMILES string of the molecule is CN(C)c1ccc(Nc2ccc(O)c3ncccc23)cc1. The number of anilines is 3. The Labute approximate surface area is 123 Å². The van der Waals surface area contributed by atoms with Crippen LogP contribution in [-0.4, -0.2) is 24.2 Å². The molecule has 4 nitrogen and oxygen atoms in total. The van der Waals surface area contributed by atoms with Gasteiger partial charge in [0.25, 0.3) is 0 Å². The first-order chi connectivity index (χ1) is 10.1. The van der Waals surface area contributed by atoms with Crippen LogP contribution in [0.5, 0.6) is 5.75 Å². The molecule has 0 aliphatic carbocycles. The lowest BCUT2D eigenvalue weighted by Crippen LogP contribution is -2.08. The molecule has 0 aliphatic heterocycles. The van der Waals surface area contributed by atoms with Crippen molar-refractivity contribution in [2.24, 2.45) is 0 Å². The van der Waals surface area contributed by atoms with E-state index in [9.17, 15) is 5.11 Å². The second kappa shape index (κ2) is 5.32. The number of hydrogen-bond acceptors (Lipinski definition) is 4. The summed E-state index contributed by atoms with van der Waals surface area (Å²) in [6.07, 6.45) is 1.68. The minimum atomic E-state index is 0.194. The first kappa shape index (κ1) is 13.2. The van der Waals surface area contributed by atoms with Gasteiger partial charge in [-0.25, -0.2) is 0 Å². The number of aromatic hydroxyl groups is 1. The summed E-state index contributed by atoms with van der Waals surface area (Å²) in [6.45, 7) is 0. The number of nitrogens with zero attached hydrogens (tertiary/aromatic N) is 2. The molecule has 2 N–H and O–H groups in total. The van der Waals surface area contributed by atoms with E-state index in [0.717, 1.165) is 22.4 Å². The third kappa shape index (κ3) is 2.60. The monoisotopic (exact) mass is 279 g/mol. The van der Waals surface area contributed by atoms with Crippen molar-refractivity contribution in [2.75, 3.05) is 24.3 Å². The van der Waals surface area contributed by atoms with Crippen molar-refractivity contribution < 1.29 is 5.11 Å². The van der Waals surface area contributed by atoms with E-state index in [1.54, 1.807) is 12.3 Å². The third-order valence-corrected chi connectivity index (χ3v) is 3.41. The van der Waals surface area contributed by atoms with Crippen LogP contribution in [0.2, 0.25) is 0 Å². The van der Waals surface area contributed by atoms with Gasteiger partial charge in [0.15, 0.2) is 0 Å². The van der Waals surface area contributed by atoms with Gasteiger partial charge in [-0.3, -0.25) is 4.98 Å². The number of benzene rings is 2. The van der Waals surface area contributed by atoms with E-state index in [1.807, 2.05) is 44.4 Å². The Hall–Kier alpha value is -2.75. The van der Waals surface area contributed by atoms with Crippen LogP contribution in [-0.2, 0) is 0 Å². The maximum absolute atomic E-state index is 9.86. The molecule has 106 valence electrons. The fraction of sp³-hybridized carbons (Fsp3) is 0.118. The van der Waals surface area contributed by atoms with Crippen molar-refractivity contribution >= 4 is 28.0 Å². The molecule has 3 rings (SSSR count). The summed E-state index contributed by atoms with van der Waals surface area (Å²) >= 11 is 0. The Bertz CT molecular complexity index is 767. The zero-order valence-corrected chi connectivity index (χ0v) is 12.0. The number of phenols is 1.